The maximum atomic E-state index is 13.3. The molecule has 11 nitrogen and oxygen atoms in total. The van der Waals surface area contributed by atoms with Gasteiger partial charge in [-0.15, -0.1) is 4.40 Å². The minimum Gasteiger partial charge on any atom is -0.507 e. The van der Waals surface area contributed by atoms with Gasteiger partial charge in [0, 0.05) is 23.9 Å². The molecule has 0 atom stereocenters. The van der Waals surface area contributed by atoms with Crippen molar-refractivity contribution >= 4 is 42.8 Å². The first kappa shape index (κ1) is 22.7. The Bertz CT molecular complexity index is 1790. The predicted molar refractivity (Wildman–Crippen MR) is 129 cm³/mol. The van der Waals surface area contributed by atoms with Crippen molar-refractivity contribution in [2.75, 3.05) is 16.3 Å². The molecule has 0 radical (unpaired) electrons. The molecule has 0 amide bonds. The Labute approximate surface area is 199 Å². The van der Waals surface area contributed by atoms with Crippen LogP contribution >= 0.6 is 0 Å². The first-order valence-electron chi connectivity index (χ1n) is 10.1. The van der Waals surface area contributed by atoms with E-state index in [1.165, 1.54) is 35.3 Å². The third kappa shape index (κ3) is 4.15. The third-order valence-electron chi connectivity index (χ3n) is 5.35. The van der Waals surface area contributed by atoms with E-state index in [0.717, 1.165) is 17.9 Å². The van der Waals surface area contributed by atoms with Gasteiger partial charge >= 0.3 is 0 Å². The summed E-state index contributed by atoms with van der Waals surface area (Å²) in [6, 6.07) is 10.6. The first-order valence-corrected chi connectivity index (χ1v) is 13.5. The number of nitrogens with zero attached hydrogens (tertiary/aromatic N) is 2. The molecule has 4 aromatic rings. The lowest BCUT2D eigenvalue weighted by Gasteiger charge is -2.21. The van der Waals surface area contributed by atoms with Crippen LogP contribution in [0.1, 0.15) is 16.7 Å². The Morgan fingerprint density at radius 1 is 1.20 bits per heavy atom. The molecule has 4 heterocycles. The second-order valence-corrected chi connectivity index (χ2v) is 11.2. The SMILES string of the molecule is CS(=O)(=O)Nc1ccc2c(c1)S(=O)(=O)N=C(c1c(O)c(Cc3ccoc3)c3ccccn3c1=O)N2. The van der Waals surface area contributed by atoms with Gasteiger partial charge in [-0.1, -0.05) is 6.07 Å². The lowest BCUT2D eigenvalue weighted by molar-refractivity contribution is 0.467. The minimum atomic E-state index is -4.35. The highest BCUT2D eigenvalue weighted by molar-refractivity contribution is 7.92. The summed E-state index contributed by atoms with van der Waals surface area (Å²) < 4.78 is 61.4. The zero-order valence-corrected chi connectivity index (χ0v) is 19.7. The molecule has 3 aromatic heterocycles. The number of amidine groups is 1. The van der Waals surface area contributed by atoms with Gasteiger partial charge in [0.1, 0.15) is 16.2 Å². The Morgan fingerprint density at radius 2 is 2.00 bits per heavy atom. The number of hydrogen-bond donors (Lipinski definition) is 3. The molecular formula is C22H18N4O7S2. The summed E-state index contributed by atoms with van der Waals surface area (Å²) in [6.45, 7) is 0. The van der Waals surface area contributed by atoms with E-state index >= 15 is 0 Å². The van der Waals surface area contributed by atoms with Gasteiger partial charge in [-0.2, -0.15) is 8.42 Å². The first-order chi connectivity index (χ1) is 16.5. The largest absolute Gasteiger partial charge is 0.507 e. The molecule has 1 aliphatic heterocycles. The van der Waals surface area contributed by atoms with Crippen molar-refractivity contribution in [3.63, 3.8) is 0 Å². The Morgan fingerprint density at radius 3 is 2.71 bits per heavy atom. The van der Waals surface area contributed by atoms with Crippen LogP contribution in [-0.2, 0) is 26.5 Å². The van der Waals surface area contributed by atoms with Crippen molar-refractivity contribution in [1.29, 1.82) is 0 Å². The number of aromatic nitrogens is 1. The Hall–Kier alpha value is -4.10. The molecule has 1 aliphatic rings. The minimum absolute atomic E-state index is 0.0336. The molecule has 0 aliphatic carbocycles. The average Bonchev–Trinajstić information content (AvgIpc) is 3.29. The van der Waals surface area contributed by atoms with E-state index in [1.807, 2.05) is 0 Å². The van der Waals surface area contributed by atoms with Crippen molar-refractivity contribution in [2.45, 2.75) is 11.3 Å². The highest BCUT2D eigenvalue weighted by atomic mass is 32.2. The summed E-state index contributed by atoms with van der Waals surface area (Å²) in [5.41, 5.74) is 0.666. The number of furan rings is 1. The molecule has 0 fully saturated rings. The number of aromatic hydroxyl groups is 1. The number of rotatable bonds is 5. The maximum Gasteiger partial charge on any atom is 0.286 e. The zero-order valence-electron chi connectivity index (χ0n) is 18.1. The molecule has 0 saturated carbocycles. The van der Waals surface area contributed by atoms with Crippen molar-refractivity contribution in [2.24, 2.45) is 4.40 Å². The average molecular weight is 515 g/mol. The highest BCUT2D eigenvalue weighted by Gasteiger charge is 2.30. The molecule has 180 valence electrons. The van der Waals surface area contributed by atoms with Gasteiger partial charge in [0.2, 0.25) is 10.0 Å². The standard InChI is InChI=1S/C22H18N4O7S2/c1-34(29,30)24-14-5-6-16-18(11-14)35(31,32)25-21(23-16)19-20(27)15(10-13-7-9-33-12-13)17-4-2-3-8-26(17)22(19)28/h2-9,11-12,24,27H,10H2,1H3,(H,23,25). The maximum absolute atomic E-state index is 13.3. The molecule has 0 bridgehead atoms. The monoisotopic (exact) mass is 514 g/mol. The van der Waals surface area contributed by atoms with E-state index in [-0.39, 0.29) is 34.1 Å². The van der Waals surface area contributed by atoms with Crippen LogP contribution in [0.4, 0.5) is 11.4 Å². The summed E-state index contributed by atoms with van der Waals surface area (Å²) in [7, 11) is -7.99. The quantitative estimate of drug-likeness (QED) is 0.365. The molecule has 5 rings (SSSR count). The Kier molecular flexibility index (Phi) is 5.18. The van der Waals surface area contributed by atoms with Crippen LogP contribution in [0.2, 0.25) is 0 Å². The van der Waals surface area contributed by atoms with Crippen LogP contribution in [0.15, 0.2) is 79.7 Å². The van der Waals surface area contributed by atoms with E-state index in [9.17, 15) is 26.7 Å². The molecule has 0 unspecified atom stereocenters. The molecule has 0 saturated heterocycles. The number of fused-ring (bicyclic) bond motifs is 2. The number of benzene rings is 1. The van der Waals surface area contributed by atoms with Crippen LogP contribution in [0, 0.1) is 0 Å². The van der Waals surface area contributed by atoms with Gasteiger partial charge in [-0.05, 0) is 42.0 Å². The molecular weight excluding hydrogens is 496 g/mol. The molecule has 0 spiro atoms. The lowest BCUT2D eigenvalue weighted by Crippen LogP contribution is -2.31. The van der Waals surface area contributed by atoms with Gasteiger partial charge in [0.25, 0.3) is 15.6 Å². The normalized spacial score (nSPS) is 14.7. The Balaban J connectivity index is 1.69. The van der Waals surface area contributed by atoms with Crippen molar-refractivity contribution < 1.29 is 26.4 Å². The highest BCUT2D eigenvalue weighted by Crippen LogP contribution is 2.34. The fourth-order valence-electron chi connectivity index (χ4n) is 3.89. The number of sulfonamides is 2. The van der Waals surface area contributed by atoms with E-state index < -0.39 is 31.4 Å². The topological polar surface area (TPSA) is 160 Å². The molecule has 35 heavy (non-hydrogen) atoms. The fraction of sp³-hybridized carbons (Fsp3) is 0.0909. The van der Waals surface area contributed by atoms with Crippen molar-refractivity contribution in [1.82, 2.24) is 4.40 Å². The molecule has 13 heteroatoms. The van der Waals surface area contributed by atoms with E-state index in [4.69, 9.17) is 4.42 Å². The number of hydrogen-bond acceptors (Lipinski definition) is 8. The van der Waals surface area contributed by atoms with Gasteiger partial charge in [-0.3, -0.25) is 13.9 Å². The van der Waals surface area contributed by atoms with Crippen LogP contribution in [0.25, 0.3) is 5.52 Å². The molecule has 3 N–H and O–H groups in total. The number of nitrogens with one attached hydrogen (secondary N) is 2. The second-order valence-electron chi connectivity index (χ2n) is 7.90. The summed E-state index contributed by atoms with van der Waals surface area (Å²) >= 11 is 0. The van der Waals surface area contributed by atoms with Crippen molar-refractivity contribution in [3.8, 4) is 5.75 Å². The fourth-order valence-corrected chi connectivity index (χ4v) is 5.59. The van der Waals surface area contributed by atoms with Gasteiger partial charge in [0.05, 0.1) is 30.0 Å². The predicted octanol–water partition coefficient (Wildman–Crippen LogP) is 2.12. The van der Waals surface area contributed by atoms with Crippen LogP contribution < -0.4 is 15.6 Å². The van der Waals surface area contributed by atoms with E-state index in [2.05, 4.69) is 14.4 Å². The van der Waals surface area contributed by atoms with Crippen molar-refractivity contribution in [3.05, 3.63) is 88.2 Å². The summed E-state index contributed by atoms with van der Waals surface area (Å²) in [6.07, 6.45) is 5.64. The van der Waals surface area contributed by atoms with Gasteiger partial charge in [-0.25, -0.2) is 8.42 Å². The van der Waals surface area contributed by atoms with E-state index in [0.29, 0.717) is 11.1 Å². The van der Waals surface area contributed by atoms with E-state index in [1.54, 1.807) is 24.3 Å². The van der Waals surface area contributed by atoms with Gasteiger partial charge < -0.3 is 14.8 Å². The lowest BCUT2D eigenvalue weighted by atomic mass is 10.0. The van der Waals surface area contributed by atoms with Crippen LogP contribution in [-0.4, -0.2) is 38.4 Å². The van der Waals surface area contributed by atoms with Crippen LogP contribution in [0.3, 0.4) is 0 Å². The summed E-state index contributed by atoms with van der Waals surface area (Å²) in [5, 5.41) is 14.0. The van der Waals surface area contributed by atoms with Gasteiger partial charge in [0.15, 0.2) is 5.84 Å². The smallest absolute Gasteiger partial charge is 0.286 e. The second kappa shape index (κ2) is 7.99. The third-order valence-corrected chi connectivity index (χ3v) is 7.27. The molecule has 1 aromatic carbocycles. The summed E-state index contributed by atoms with van der Waals surface area (Å²) in [4.78, 5) is 13.0. The van der Waals surface area contributed by atoms with Crippen LogP contribution in [0.5, 0.6) is 5.75 Å². The zero-order chi connectivity index (χ0) is 25.0. The number of pyridine rings is 2. The summed E-state index contributed by atoms with van der Waals surface area (Å²) in [5.74, 6) is -0.766. The number of anilines is 2.